The second-order valence-electron chi connectivity index (χ2n) is 6.14. The number of nitrogens with zero attached hydrogens (tertiary/aromatic N) is 4. The number of aromatic nitrogens is 2. The number of halogens is 1. The maximum absolute atomic E-state index is 4.32. The minimum Gasteiger partial charge on any atom is -0.355 e. The van der Waals surface area contributed by atoms with Gasteiger partial charge in [-0.2, -0.15) is 5.10 Å². The topological polar surface area (TPSA) is 57.5 Å². The highest BCUT2D eigenvalue weighted by molar-refractivity contribution is 14.0. The van der Waals surface area contributed by atoms with Crippen LogP contribution in [-0.4, -0.2) is 59.4 Å². The maximum atomic E-state index is 4.32. The van der Waals surface area contributed by atoms with Crippen molar-refractivity contribution < 1.29 is 0 Å². The van der Waals surface area contributed by atoms with E-state index in [1.165, 1.54) is 31.4 Å². The third-order valence-corrected chi connectivity index (χ3v) is 4.24. The number of hydrogen-bond acceptors (Lipinski definition) is 3. The normalized spacial score (nSPS) is 22.5. The lowest BCUT2D eigenvalue weighted by molar-refractivity contribution is 0.321. The van der Waals surface area contributed by atoms with E-state index in [4.69, 9.17) is 0 Å². The zero-order valence-corrected chi connectivity index (χ0v) is 15.8. The van der Waals surface area contributed by atoms with Crippen molar-refractivity contribution in [3.8, 4) is 0 Å². The van der Waals surface area contributed by atoms with Crippen molar-refractivity contribution >= 4 is 29.9 Å². The third kappa shape index (κ3) is 4.84. The molecule has 2 heterocycles. The lowest BCUT2D eigenvalue weighted by atomic mass is 10.3. The van der Waals surface area contributed by atoms with Gasteiger partial charge in [-0.05, 0) is 31.7 Å². The molecule has 1 atom stereocenters. The predicted molar refractivity (Wildman–Crippen MR) is 99.9 cm³/mol. The lowest BCUT2D eigenvalue weighted by Crippen LogP contribution is -2.45. The van der Waals surface area contributed by atoms with Crippen molar-refractivity contribution in [2.75, 3.05) is 26.7 Å². The van der Waals surface area contributed by atoms with E-state index in [0.29, 0.717) is 6.04 Å². The van der Waals surface area contributed by atoms with Crippen LogP contribution in [0.5, 0.6) is 0 Å². The average molecular weight is 418 g/mol. The molecule has 1 saturated carbocycles. The molecule has 22 heavy (non-hydrogen) atoms. The number of guanidine groups is 1. The van der Waals surface area contributed by atoms with Gasteiger partial charge in [0, 0.05) is 45.0 Å². The van der Waals surface area contributed by atoms with Gasteiger partial charge in [-0.15, -0.1) is 24.0 Å². The summed E-state index contributed by atoms with van der Waals surface area (Å²) >= 11 is 0. The Balaban J connectivity index is 0.00000176. The molecule has 1 aromatic rings. The van der Waals surface area contributed by atoms with Crippen LogP contribution in [-0.2, 0) is 6.54 Å². The molecule has 124 valence electrons. The fourth-order valence-electron chi connectivity index (χ4n) is 2.94. The summed E-state index contributed by atoms with van der Waals surface area (Å²) in [6.07, 6.45) is 7.95. The Bertz CT molecular complexity index is 496. The molecule has 0 spiro atoms. The average Bonchev–Trinajstić information content (AvgIpc) is 3.09. The first-order chi connectivity index (χ1) is 10.2. The first kappa shape index (κ1) is 17.5. The van der Waals surface area contributed by atoms with Gasteiger partial charge in [0.1, 0.15) is 0 Å². The van der Waals surface area contributed by atoms with Gasteiger partial charge in [-0.1, -0.05) is 0 Å². The number of hydrogen-bond donors (Lipinski definition) is 2. The smallest absolute Gasteiger partial charge is 0.191 e. The van der Waals surface area contributed by atoms with E-state index in [1.807, 2.05) is 17.9 Å². The van der Waals surface area contributed by atoms with E-state index in [9.17, 15) is 0 Å². The number of rotatable bonds is 5. The number of likely N-dealkylation sites (tertiary alicyclic amines) is 1. The largest absolute Gasteiger partial charge is 0.355 e. The maximum Gasteiger partial charge on any atom is 0.191 e. The van der Waals surface area contributed by atoms with E-state index < -0.39 is 0 Å². The zero-order chi connectivity index (χ0) is 14.7. The quantitative estimate of drug-likeness (QED) is 0.429. The summed E-state index contributed by atoms with van der Waals surface area (Å²) in [5, 5.41) is 11.2. The van der Waals surface area contributed by atoms with Gasteiger partial charge in [-0.25, -0.2) is 0 Å². The van der Waals surface area contributed by atoms with Crippen LogP contribution in [0.4, 0.5) is 0 Å². The Hall–Kier alpha value is -0.830. The van der Waals surface area contributed by atoms with Crippen LogP contribution in [0, 0.1) is 6.92 Å². The van der Waals surface area contributed by atoms with Crippen LogP contribution < -0.4 is 10.6 Å². The predicted octanol–water partition coefficient (Wildman–Crippen LogP) is 1.21. The summed E-state index contributed by atoms with van der Waals surface area (Å²) in [5.41, 5.74) is 1.20. The van der Waals surface area contributed by atoms with Crippen LogP contribution in [0.25, 0.3) is 0 Å². The van der Waals surface area contributed by atoms with Crippen molar-refractivity contribution in [2.45, 2.75) is 44.8 Å². The zero-order valence-electron chi connectivity index (χ0n) is 13.5. The molecule has 0 radical (unpaired) electrons. The molecule has 1 aliphatic carbocycles. The fourth-order valence-corrected chi connectivity index (χ4v) is 2.94. The summed E-state index contributed by atoms with van der Waals surface area (Å²) < 4.78 is 1.96. The van der Waals surface area contributed by atoms with Gasteiger partial charge in [-0.3, -0.25) is 14.6 Å². The van der Waals surface area contributed by atoms with Gasteiger partial charge < -0.3 is 10.6 Å². The summed E-state index contributed by atoms with van der Waals surface area (Å²) in [7, 11) is 1.83. The molecular weight excluding hydrogens is 391 g/mol. The van der Waals surface area contributed by atoms with E-state index in [2.05, 4.69) is 38.7 Å². The van der Waals surface area contributed by atoms with Crippen molar-refractivity contribution in [2.24, 2.45) is 4.99 Å². The third-order valence-electron chi connectivity index (χ3n) is 4.24. The summed E-state index contributed by atoms with van der Waals surface area (Å²) in [4.78, 5) is 6.93. The minimum absolute atomic E-state index is 0. The second-order valence-corrected chi connectivity index (χ2v) is 6.14. The molecule has 1 aromatic heterocycles. The highest BCUT2D eigenvalue weighted by atomic mass is 127. The molecule has 0 aromatic carbocycles. The molecule has 0 bridgehead atoms. The molecule has 2 fully saturated rings. The Labute approximate surface area is 149 Å². The van der Waals surface area contributed by atoms with Crippen LogP contribution in [0.3, 0.4) is 0 Å². The van der Waals surface area contributed by atoms with Gasteiger partial charge >= 0.3 is 0 Å². The molecule has 1 unspecified atom stereocenters. The van der Waals surface area contributed by atoms with Crippen molar-refractivity contribution in [1.82, 2.24) is 25.3 Å². The van der Waals surface area contributed by atoms with Crippen LogP contribution in [0.15, 0.2) is 17.4 Å². The molecular formula is C15H27IN6. The van der Waals surface area contributed by atoms with E-state index in [-0.39, 0.29) is 24.0 Å². The monoisotopic (exact) mass is 418 g/mol. The highest BCUT2D eigenvalue weighted by Crippen LogP contribution is 2.29. The van der Waals surface area contributed by atoms with Gasteiger partial charge in [0.15, 0.2) is 5.96 Å². The van der Waals surface area contributed by atoms with Crippen molar-refractivity contribution in [3.63, 3.8) is 0 Å². The van der Waals surface area contributed by atoms with E-state index in [1.54, 1.807) is 0 Å². The van der Waals surface area contributed by atoms with Crippen LogP contribution >= 0.6 is 24.0 Å². The summed E-state index contributed by atoms with van der Waals surface area (Å²) in [5.74, 6) is 0.904. The first-order valence-corrected chi connectivity index (χ1v) is 7.95. The van der Waals surface area contributed by atoms with Crippen molar-refractivity contribution in [1.29, 1.82) is 0 Å². The SMILES string of the molecule is CN=C(NCCn1cc(C)cn1)NC1CCN(C2CC2)C1.I. The number of aliphatic imine (C=N–C) groups is 1. The second kappa shape index (κ2) is 8.14. The Morgan fingerprint density at radius 3 is 2.86 bits per heavy atom. The number of nitrogens with one attached hydrogen (secondary N) is 2. The van der Waals surface area contributed by atoms with Crippen LogP contribution in [0.1, 0.15) is 24.8 Å². The summed E-state index contributed by atoms with van der Waals surface area (Å²) in [6.45, 7) is 6.13. The van der Waals surface area contributed by atoms with E-state index >= 15 is 0 Å². The first-order valence-electron chi connectivity index (χ1n) is 7.95. The van der Waals surface area contributed by atoms with E-state index in [0.717, 1.165) is 31.6 Å². The molecule has 3 rings (SSSR count). The molecule has 2 N–H and O–H groups in total. The van der Waals surface area contributed by atoms with Gasteiger partial charge in [0.05, 0.1) is 12.7 Å². The summed E-state index contributed by atoms with van der Waals surface area (Å²) in [6, 6.07) is 1.40. The minimum atomic E-state index is 0. The fraction of sp³-hybridized carbons (Fsp3) is 0.733. The Kier molecular flexibility index (Phi) is 6.49. The Morgan fingerprint density at radius 2 is 2.23 bits per heavy atom. The Morgan fingerprint density at radius 1 is 1.41 bits per heavy atom. The molecule has 2 aliphatic rings. The number of aryl methyl sites for hydroxylation is 1. The highest BCUT2D eigenvalue weighted by Gasteiger charge is 2.34. The van der Waals surface area contributed by atoms with Gasteiger partial charge in [0.2, 0.25) is 0 Å². The van der Waals surface area contributed by atoms with Crippen LogP contribution in [0.2, 0.25) is 0 Å². The van der Waals surface area contributed by atoms with Crippen molar-refractivity contribution in [3.05, 3.63) is 18.0 Å². The molecule has 1 saturated heterocycles. The standard InChI is InChI=1S/C15H26N6.HI/c1-12-9-18-21(10-12)8-6-17-15(16-2)19-13-5-7-20(11-13)14-3-4-14;/h9-10,13-14H,3-8,11H2,1-2H3,(H2,16,17,19);1H. The molecule has 7 heteroatoms. The molecule has 1 aliphatic heterocycles. The molecule has 6 nitrogen and oxygen atoms in total. The van der Waals surface area contributed by atoms with Gasteiger partial charge in [0.25, 0.3) is 0 Å². The lowest BCUT2D eigenvalue weighted by Gasteiger charge is -2.18. The molecule has 0 amide bonds.